The molecule has 0 heterocycles. The molecule has 120 valence electrons. The fourth-order valence-corrected chi connectivity index (χ4v) is 2.23. The van der Waals surface area contributed by atoms with Crippen molar-refractivity contribution >= 4 is 23.3 Å². The van der Waals surface area contributed by atoms with E-state index in [1.165, 1.54) is 12.1 Å². The van der Waals surface area contributed by atoms with Crippen molar-refractivity contribution in [3.63, 3.8) is 0 Å². The first-order chi connectivity index (χ1) is 10.9. The van der Waals surface area contributed by atoms with Crippen LogP contribution in [0.4, 0.5) is 5.69 Å². The van der Waals surface area contributed by atoms with Crippen LogP contribution in [-0.2, 0) is 0 Å². The minimum Gasteiger partial charge on any atom is -0.423 e. The maximum Gasteiger partial charge on any atom is 0.343 e. The van der Waals surface area contributed by atoms with Gasteiger partial charge in [0.25, 0.3) is 5.69 Å². The second-order valence-electron chi connectivity index (χ2n) is 5.19. The Morgan fingerprint density at radius 1 is 1.26 bits per heavy atom. The summed E-state index contributed by atoms with van der Waals surface area (Å²) < 4.78 is 5.24. The number of rotatable bonds is 5. The first-order valence-electron chi connectivity index (χ1n) is 7.18. The fourth-order valence-electron chi connectivity index (χ4n) is 2.05. The zero-order valence-corrected chi connectivity index (χ0v) is 13.5. The summed E-state index contributed by atoms with van der Waals surface area (Å²) >= 11 is 5.72. The van der Waals surface area contributed by atoms with Gasteiger partial charge in [0, 0.05) is 6.07 Å². The van der Waals surface area contributed by atoms with Gasteiger partial charge in [-0.1, -0.05) is 37.6 Å². The third-order valence-corrected chi connectivity index (χ3v) is 3.97. The van der Waals surface area contributed by atoms with Crippen LogP contribution in [0, 0.1) is 10.1 Å². The first kappa shape index (κ1) is 17.0. The quantitative estimate of drug-likeness (QED) is 0.335. The molecule has 0 bridgehead atoms. The summed E-state index contributed by atoms with van der Waals surface area (Å²) in [4.78, 5) is 22.3. The molecule has 0 aromatic heterocycles. The third kappa shape index (κ3) is 4.07. The van der Waals surface area contributed by atoms with Crippen molar-refractivity contribution < 1.29 is 14.5 Å². The lowest BCUT2D eigenvalue weighted by Crippen LogP contribution is -2.09. The molecular formula is C17H16ClNO4. The number of nitrogens with zero attached hydrogens (tertiary/aromatic N) is 1. The van der Waals surface area contributed by atoms with Crippen LogP contribution in [0.25, 0.3) is 0 Å². The highest BCUT2D eigenvalue weighted by Crippen LogP contribution is 2.26. The highest BCUT2D eigenvalue weighted by atomic mass is 35.5. The lowest BCUT2D eigenvalue weighted by molar-refractivity contribution is -0.384. The van der Waals surface area contributed by atoms with Gasteiger partial charge < -0.3 is 4.74 Å². The van der Waals surface area contributed by atoms with Crippen molar-refractivity contribution in [1.29, 1.82) is 0 Å². The van der Waals surface area contributed by atoms with Gasteiger partial charge in [-0.25, -0.2) is 4.79 Å². The molecule has 0 aliphatic rings. The van der Waals surface area contributed by atoms with Crippen LogP contribution in [0.15, 0.2) is 42.5 Å². The van der Waals surface area contributed by atoms with Gasteiger partial charge in [0.1, 0.15) is 10.8 Å². The SMILES string of the molecule is CCC(C)c1ccc(OC(=O)c2ccc(Cl)c([N+](=O)[O-])c2)cc1. The number of carbonyl (C=O) groups excluding carboxylic acids is 1. The van der Waals surface area contributed by atoms with Crippen molar-refractivity contribution in [3.05, 3.63) is 68.7 Å². The van der Waals surface area contributed by atoms with Crippen molar-refractivity contribution in [1.82, 2.24) is 0 Å². The minimum atomic E-state index is -0.666. The van der Waals surface area contributed by atoms with E-state index >= 15 is 0 Å². The van der Waals surface area contributed by atoms with Crippen molar-refractivity contribution in [2.24, 2.45) is 0 Å². The number of esters is 1. The smallest absolute Gasteiger partial charge is 0.343 e. The normalized spacial score (nSPS) is 11.8. The zero-order chi connectivity index (χ0) is 17.0. The first-order valence-corrected chi connectivity index (χ1v) is 7.56. The largest absolute Gasteiger partial charge is 0.423 e. The molecular weight excluding hydrogens is 318 g/mol. The van der Waals surface area contributed by atoms with Crippen LogP contribution >= 0.6 is 11.6 Å². The molecule has 6 heteroatoms. The molecule has 0 spiro atoms. The Hall–Kier alpha value is -2.40. The number of halogens is 1. The van der Waals surface area contributed by atoms with E-state index in [1.54, 1.807) is 12.1 Å². The van der Waals surface area contributed by atoms with Gasteiger partial charge in [0.2, 0.25) is 0 Å². The molecule has 0 saturated heterocycles. The molecule has 2 aromatic rings. The van der Waals surface area contributed by atoms with E-state index in [2.05, 4.69) is 13.8 Å². The predicted molar refractivity (Wildman–Crippen MR) is 88.2 cm³/mol. The summed E-state index contributed by atoms with van der Waals surface area (Å²) in [5.74, 6) is 0.152. The average Bonchev–Trinajstić information content (AvgIpc) is 2.54. The van der Waals surface area contributed by atoms with E-state index in [0.717, 1.165) is 18.1 Å². The van der Waals surface area contributed by atoms with E-state index in [0.29, 0.717) is 11.7 Å². The van der Waals surface area contributed by atoms with Gasteiger partial charge in [-0.3, -0.25) is 10.1 Å². The topological polar surface area (TPSA) is 69.4 Å². The van der Waals surface area contributed by atoms with Gasteiger partial charge in [0.05, 0.1) is 10.5 Å². The number of hydrogen-bond donors (Lipinski definition) is 0. The Labute approximate surface area is 139 Å². The standard InChI is InChI=1S/C17H16ClNO4/c1-3-11(2)12-4-7-14(8-5-12)23-17(20)13-6-9-15(18)16(10-13)19(21)22/h4-11H,3H2,1-2H3. The van der Waals surface area contributed by atoms with Crippen LogP contribution in [0.1, 0.15) is 42.1 Å². The third-order valence-electron chi connectivity index (χ3n) is 3.65. The molecule has 0 N–H and O–H groups in total. The molecule has 5 nitrogen and oxygen atoms in total. The Morgan fingerprint density at radius 3 is 2.48 bits per heavy atom. The predicted octanol–water partition coefficient (Wildman–Crippen LogP) is 4.98. The maximum absolute atomic E-state index is 12.1. The van der Waals surface area contributed by atoms with E-state index in [9.17, 15) is 14.9 Å². The number of hydrogen-bond acceptors (Lipinski definition) is 4. The lowest BCUT2D eigenvalue weighted by atomic mass is 9.99. The number of nitro benzene ring substituents is 1. The maximum atomic E-state index is 12.1. The lowest BCUT2D eigenvalue weighted by Gasteiger charge is -2.10. The van der Waals surface area contributed by atoms with Gasteiger partial charge >= 0.3 is 5.97 Å². The monoisotopic (exact) mass is 333 g/mol. The highest BCUT2D eigenvalue weighted by Gasteiger charge is 2.17. The molecule has 1 unspecified atom stereocenters. The van der Waals surface area contributed by atoms with Gasteiger partial charge in [-0.05, 0) is 42.2 Å². The summed E-state index contributed by atoms with van der Waals surface area (Å²) in [6.07, 6.45) is 1.02. The molecule has 2 rings (SSSR count). The number of benzene rings is 2. The molecule has 0 saturated carbocycles. The minimum absolute atomic E-state index is 0.0237. The van der Waals surface area contributed by atoms with Crippen molar-refractivity contribution in [3.8, 4) is 5.75 Å². The van der Waals surface area contributed by atoms with Crippen molar-refractivity contribution in [2.45, 2.75) is 26.2 Å². The molecule has 0 aliphatic heterocycles. The highest BCUT2D eigenvalue weighted by molar-refractivity contribution is 6.32. The zero-order valence-electron chi connectivity index (χ0n) is 12.8. The summed E-state index contributed by atoms with van der Waals surface area (Å²) in [7, 11) is 0. The number of carbonyl (C=O) groups is 1. The second kappa shape index (κ2) is 7.24. The average molecular weight is 334 g/mol. The molecule has 2 aromatic carbocycles. The summed E-state index contributed by atoms with van der Waals surface area (Å²) in [6, 6.07) is 11.0. The Balaban J connectivity index is 2.16. The van der Waals surface area contributed by atoms with E-state index < -0.39 is 10.9 Å². The van der Waals surface area contributed by atoms with Crippen LogP contribution in [0.5, 0.6) is 5.75 Å². The Kier molecular flexibility index (Phi) is 5.34. The van der Waals surface area contributed by atoms with Crippen LogP contribution < -0.4 is 4.74 Å². The van der Waals surface area contributed by atoms with E-state index in [4.69, 9.17) is 16.3 Å². The van der Waals surface area contributed by atoms with Crippen LogP contribution in [0.2, 0.25) is 5.02 Å². The summed E-state index contributed by atoms with van der Waals surface area (Å²) in [6.45, 7) is 4.22. The second-order valence-corrected chi connectivity index (χ2v) is 5.60. The fraction of sp³-hybridized carbons (Fsp3) is 0.235. The van der Waals surface area contributed by atoms with Crippen LogP contribution in [-0.4, -0.2) is 10.9 Å². The van der Waals surface area contributed by atoms with E-state index in [-0.39, 0.29) is 16.3 Å². The molecule has 0 radical (unpaired) electrons. The van der Waals surface area contributed by atoms with Gasteiger partial charge in [-0.15, -0.1) is 0 Å². The number of nitro groups is 1. The summed E-state index contributed by atoms with van der Waals surface area (Å²) in [5, 5.41) is 10.8. The molecule has 0 aliphatic carbocycles. The molecule has 1 atom stereocenters. The van der Waals surface area contributed by atoms with Gasteiger partial charge in [-0.2, -0.15) is 0 Å². The Bertz CT molecular complexity index is 728. The van der Waals surface area contributed by atoms with Gasteiger partial charge in [0.15, 0.2) is 0 Å². The molecule has 0 amide bonds. The Morgan fingerprint density at radius 2 is 1.91 bits per heavy atom. The van der Waals surface area contributed by atoms with Crippen molar-refractivity contribution in [2.75, 3.05) is 0 Å². The molecule has 0 fully saturated rings. The summed E-state index contributed by atoms with van der Waals surface area (Å²) in [5.41, 5.74) is 0.912. The number of ether oxygens (including phenoxy) is 1. The van der Waals surface area contributed by atoms with E-state index in [1.807, 2.05) is 12.1 Å². The molecule has 23 heavy (non-hydrogen) atoms. The van der Waals surface area contributed by atoms with Crippen LogP contribution in [0.3, 0.4) is 0 Å².